The van der Waals surface area contributed by atoms with Gasteiger partial charge in [-0.25, -0.2) is 0 Å². The standard InChI is InChI=1S/C75H130O6/c1-4-7-10-13-15-17-19-21-23-25-27-29-31-33-35-36-37-38-40-41-43-45-47-49-51-53-55-57-59-62-65-68-74(77)80-71-72(70-79-73(76)67-64-61-12-9-6-3)81-75(78)69-66-63-60-58-56-54-52-50-48-46-44-42-39-34-32-30-28-26-24-22-20-18-16-14-11-8-5-2/h8,11,16,18-19,21-22,24-25,27-28,30,34,39,44,46,72H,4-7,9-10,12-15,17,20,23,26,29,31-33,35-38,40-43,45,47-71H2,1-3H3/b11-8-,18-16-,21-19-,24-22-,27-25-,30-28-,39-34-,46-44-. The van der Waals surface area contributed by atoms with Crippen molar-refractivity contribution in [3.8, 4) is 0 Å². The fourth-order valence-electron chi connectivity index (χ4n) is 9.89. The van der Waals surface area contributed by atoms with E-state index in [0.717, 1.165) is 116 Å². The molecule has 0 spiro atoms. The lowest BCUT2D eigenvalue weighted by molar-refractivity contribution is -0.167. The number of hydrogen-bond donors (Lipinski definition) is 0. The average Bonchev–Trinajstić information content (AvgIpc) is 3.47. The van der Waals surface area contributed by atoms with Crippen molar-refractivity contribution in [2.75, 3.05) is 13.2 Å². The van der Waals surface area contributed by atoms with Gasteiger partial charge in [-0.3, -0.25) is 14.4 Å². The molecule has 466 valence electrons. The van der Waals surface area contributed by atoms with Crippen LogP contribution in [0.5, 0.6) is 0 Å². The number of carbonyl (C=O) groups is 3. The Morgan fingerprint density at radius 2 is 0.481 bits per heavy atom. The third-order valence-corrected chi connectivity index (χ3v) is 15.1. The summed E-state index contributed by atoms with van der Waals surface area (Å²) in [6.45, 7) is 6.46. The van der Waals surface area contributed by atoms with Gasteiger partial charge >= 0.3 is 17.9 Å². The van der Waals surface area contributed by atoms with Crippen LogP contribution in [0.1, 0.15) is 342 Å². The van der Waals surface area contributed by atoms with Gasteiger partial charge in [0.15, 0.2) is 6.10 Å². The Balaban J connectivity index is 3.99. The van der Waals surface area contributed by atoms with Crippen LogP contribution in [0.15, 0.2) is 97.2 Å². The highest BCUT2D eigenvalue weighted by molar-refractivity contribution is 5.71. The molecule has 0 amide bonds. The predicted molar refractivity (Wildman–Crippen MR) is 353 cm³/mol. The molecule has 0 saturated heterocycles. The normalized spacial score (nSPS) is 12.7. The van der Waals surface area contributed by atoms with Crippen molar-refractivity contribution in [3.05, 3.63) is 97.2 Å². The molecule has 81 heavy (non-hydrogen) atoms. The maximum atomic E-state index is 12.9. The van der Waals surface area contributed by atoms with Gasteiger partial charge in [-0.05, 0) is 103 Å². The number of carbonyl (C=O) groups excluding carboxylic acids is 3. The minimum atomic E-state index is -0.779. The Morgan fingerprint density at radius 3 is 0.753 bits per heavy atom. The SMILES string of the molecule is CC/C=C\C/C=C\C/C=C\C/C=C\C/C=C\C/C=C\CCCCCCCCCCC(=O)OC(COC(=O)CCCCCCC)COC(=O)CCCCCCCCCCCCCCCCCCCCC/C=C\C/C=C\CCCCCCC. The Morgan fingerprint density at radius 1 is 0.259 bits per heavy atom. The zero-order valence-electron chi connectivity index (χ0n) is 53.5. The monoisotopic (exact) mass is 1130 g/mol. The summed E-state index contributed by atoms with van der Waals surface area (Å²) in [5, 5.41) is 0. The van der Waals surface area contributed by atoms with E-state index in [2.05, 4.69) is 118 Å². The molecule has 0 bridgehead atoms. The van der Waals surface area contributed by atoms with Crippen LogP contribution in [0.25, 0.3) is 0 Å². The van der Waals surface area contributed by atoms with Crippen molar-refractivity contribution in [2.45, 2.75) is 348 Å². The molecule has 6 heteroatoms. The third-order valence-electron chi connectivity index (χ3n) is 15.1. The smallest absolute Gasteiger partial charge is 0.306 e. The van der Waals surface area contributed by atoms with Gasteiger partial charge < -0.3 is 14.2 Å². The highest BCUT2D eigenvalue weighted by atomic mass is 16.6. The summed E-state index contributed by atoms with van der Waals surface area (Å²) < 4.78 is 16.8. The lowest BCUT2D eigenvalue weighted by Crippen LogP contribution is -2.30. The van der Waals surface area contributed by atoms with Gasteiger partial charge in [0.25, 0.3) is 0 Å². The van der Waals surface area contributed by atoms with Gasteiger partial charge in [0.2, 0.25) is 0 Å². The summed E-state index contributed by atoms with van der Waals surface area (Å²) >= 11 is 0. The minimum absolute atomic E-state index is 0.0781. The Bertz CT molecular complexity index is 1580. The van der Waals surface area contributed by atoms with E-state index in [1.54, 1.807) is 0 Å². The molecule has 0 radical (unpaired) electrons. The Kier molecular flexibility index (Phi) is 65.7. The summed E-state index contributed by atoms with van der Waals surface area (Å²) in [5.41, 5.74) is 0. The first-order valence-electron chi connectivity index (χ1n) is 34.7. The van der Waals surface area contributed by atoms with Gasteiger partial charge in [-0.2, -0.15) is 0 Å². The molecule has 0 heterocycles. The second-order valence-electron chi connectivity index (χ2n) is 23.1. The Labute approximate surface area is 502 Å². The molecule has 0 aliphatic carbocycles. The van der Waals surface area contributed by atoms with Crippen molar-refractivity contribution >= 4 is 17.9 Å². The van der Waals surface area contributed by atoms with Crippen LogP contribution in [0.4, 0.5) is 0 Å². The number of allylic oxidation sites excluding steroid dienone is 16. The lowest BCUT2D eigenvalue weighted by atomic mass is 10.0. The average molecular weight is 1130 g/mol. The van der Waals surface area contributed by atoms with E-state index in [9.17, 15) is 14.4 Å². The van der Waals surface area contributed by atoms with E-state index in [1.165, 1.54) is 186 Å². The number of unbranched alkanes of at least 4 members (excludes halogenated alkanes) is 36. The van der Waals surface area contributed by atoms with Crippen LogP contribution in [-0.4, -0.2) is 37.2 Å². The fourth-order valence-corrected chi connectivity index (χ4v) is 9.89. The van der Waals surface area contributed by atoms with E-state index in [-0.39, 0.29) is 31.1 Å². The van der Waals surface area contributed by atoms with Gasteiger partial charge in [-0.15, -0.1) is 0 Å². The number of esters is 3. The molecule has 6 nitrogen and oxygen atoms in total. The maximum Gasteiger partial charge on any atom is 0.306 e. The number of rotatable bonds is 63. The molecular formula is C75H130O6. The minimum Gasteiger partial charge on any atom is -0.462 e. The molecule has 0 aromatic heterocycles. The summed E-state index contributed by atoms with van der Waals surface area (Å²) in [6.07, 6.45) is 93.4. The zero-order valence-corrected chi connectivity index (χ0v) is 53.5. The summed E-state index contributed by atoms with van der Waals surface area (Å²) in [6, 6.07) is 0. The highest BCUT2D eigenvalue weighted by Crippen LogP contribution is 2.17. The first kappa shape index (κ1) is 77.3. The number of hydrogen-bond acceptors (Lipinski definition) is 6. The van der Waals surface area contributed by atoms with Crippen LogP contribution in [-0.2, 0) is 28.6 Å². The molecule has 1 unspecified atom stereocenters. The van der Waals surface area contributed by atoms with E-state index in [1.807, 2.05) is 0 Å². The van der Waals surface area contributed by atoms with Crippen LogP contribution >= 0.6 is 0 Å². The molecule has 0 aromatic rings. The Hall–Kier alpha value is -3.67. The van der Waals surface area contributed by atoms with E-state index >= 15 is 0 Å². The van der Waals surface area contributed by atoms with Crippen LogP contribution < -0.4 is 0 Å². The fraction of sp³-hybridized carbons (Fsp3) is 0.747. The predicted octanol–water partition coefficient (Wildman–Crippen LogP) is 24.0. The van der Waals surface area contributed by atoms with Crippen molar-refractivity contribution in [3.63, 3.8) is 0 Å². The second kappa shape index (κ2) is 68.8. The summed E-state index contributed by atoms with van der Waals surface area (Å²) in [4.78, 5) is 38.0. The van der Waals surface area contributed by atoms with E-state index in [0.29, 0.717) is 19.3 Å². The van der Waals surface area contributed by atoms with Crippen LogP contribution in [0, 0.1) is 0 Å². The second-order valence-corrected chi connectivity index (χ2v) is 23.1. The summed E-state index contributed by atoms with van der Waals surface area (Å²) in [5.74, 6) is -0.889. The van der Waals surface area contributed by atoms with Crippen molar-refractivity contribution in [2.24, 2.45) is 0 Å². The van der Waals surface area contributed by atoms with Crippen molar-refractivity contribution in [1.82, 2.24) is 0 Å². The molecule has 1 atom stereocenters. The van der Waals surface area contributed by atoms with Crippen molar-refractivity contribution < 1.29 is 28.6 Å². The zero-order chi connectivity index (χ0) is 58.5. The van der Waals surface area contributed by atoms with Gasteiger partial charge in [0.1, 0.15) is 13.2 Å². The van der Waals surface area contributed by atoms with Crippen molar-refractivity contribution in [1.29, 1.82) is 0 Å². The molecule has 0 aliphatic rings. The number of ether oxygens (including phenoxy) is 3. The molecule has 0 aromatic carbocycles. The molecule has 0 rings (SSSR count). The van der Waals surface area contributed by atoms with Gasteiger partial charge in [0, 0.05) is 19.3 Å². The lowest BCUT2D eigenvalue weighted by Gasteiger charge is -2.18. The van der Waals surface area contributed by atoms with Gasteiger partial charge in [-0.1, -0.05) is 317 Å². The largest absolute Gasteiger partial charge is 0.462 e. The maximum absolute atomic E-state index is 12.9. The quantitative estimate of drug-likeness (QED) is 0.0261. The molecule has 0 aliphatic heterocycles. The third kappa shape index (κ3) is 67.0. The molecule has 0 N–H and O–H groups in total. The van der Waals surface area contributed by atoms with E-state index in [4.69, 9.17) is 14.2 Å². The molecule has 0 saturated carbocycles. The summed E-state index contributed by atoms with van der Waals surface area (Å²) in [7, 11) is 0. The molecular weight excluding hydrogens is 997 g/mol. The van der Waals surface area contributed by atoms with Crippen LogP contribution in [0.2, 0.25) is 0 Å². The van der Waals surface area contributed by atoms with Gasteiger partial charge in [0.05, 0.1) is 0 Å². The first-order valence-corrected chi connectivity index (χ1v) is 34.7. The highest BCUT2D eigenvalue weighted by Gasteiger charge is 2.19. The molecule has 0 fully saturated rings. The van der Waals surface area contributed by atoms with E-state index < -0.39 is 6.10 Å². The topological polar surface area (TPSA) is 78.9 Å². The van der Waals surface area contributed by atoms with Crippen LogP contribution in [0.3, 0.4) is 0 Å². The first-order chi connectivity index (χ1) is 40.0.